The fourth-order valence-corrected chi connectivity index (χ4v) is 2.24. The molecule has 0 heterocycles. The molecule has 0 aliphatic heterocycles. The summed E-state index contributed by atoms with van der Waals surface area (Å²) in [6.07, 6.45) is 0. The number of hydrogen-bond acceptors (Lipinski definition) is 2. The summed E-state index contributed by atoms with van der Waals surface area (Å²) in [5, 5.41) is 0. The standard InChI is InChI=1S/C22H18O2/c1-15-13-21(17(3)23)11-9-19(15)7-5-6-8-20-10-12-22(18(4)24)14-16(20)2/h9-14H,1-4H3. The summed E-state index contributed by atoms with van der Waals surface area (Å²) >= 11 is 0. The normalized spacial score (nSPS) is 9.33. The first kappa shape index (κ1) is 17.3. The summed E-state index contributed by atoms with van der Waals surface area (Å²) in [6, 6.07) is 10.9. The van der Waals surface area contributed by atoms with Gasteiger partial charge in [0.05, 0.1) is 0 Å². The van der Waals surface area contributed by atoms with Crippen LogP contribution in [0.15, 0.2) is 36.4 Å². The summed E-state index contributed by atoms with van der Waals surface area (Å²) in [5.74, 6) is 11.8. The van der Waals surface area contributed by atoms with Crippen LogP contribution >= 0.6 is 0 Å². The smallest absolute Gasteiger partial charge is 0.159 e. The summed E-state index contributed by atoms with van der Waals surface area (Å²) in [5.41, 5.74) is 5.00. The van der Waals surface area contributed by atoms with Crippen molar-refractivity contribution in [1.29, 1.82) is 0 Å². The van der Waals surface area contributed by atoms with Crippen LogP contribution < -0.4 is 0 Å². The van der Waals surface area contributed by atoms with Crippen LogP contribution in [0, 0.1) is 37.5 Å². The number of benzene rings is 2. The van der Waals surface area contributed by atoms with Crippen LogP contribution in [0.3, 0.4) is 0 Å². The number of carbonyl (C=O) groups excluding carboxylic acids is 2. The zero-order valence-electron chi connectivity index (χ0n) is 14.3. The van der Waals surface area contributed by atoms with Gasteiger partial charge in [0.25, 0.3) is 0 Å². The lowest BCUT2D eigenvalue weighted by molar-refractivity contribution is 0.100. The van der Waals surface area contributed by atoms with E-state index in [9.17, 15) is 9.59 Å². The topological polar surface area (TPSA) is 34.1 Å². The molecular weight excluding hydrogens is 296 g/mol. The largest absolute Gasteiger partial charge is 0.295 e. The van der Waals surface area contributed by atoms with Crippen molar-refractivity contribution in [2.75, 3.05) is 0 Å². The lowest BCUT2D eigenvalue weighted by Crippen LogP contribution is -1.94. The lowest BCUT2D eigenvalue weighted by Gasteiger charge is -2.00. The molecule has 118 valence electrons. The average Bonchev–Trinajstić information content (AvgIpc) is 2.53. The molecule has 0 aliphatic rings. The minimum Gasteiger partial charge on any atom is -0.295 e. The molecule has 0 aromatic heterocycles. The zero-order valence-corrected chi connectivity index (χ0v) is 14.3. The first-order valence-corrected chi connectivity index (χ1v) is 7.63. The second-order valence-electron chi connectivity index (χ2n) is 5.67. The molecule has 0 unspecified atom stereocenters. The lowest BCUT2D eigenvalue weighted by atomic mass is 10.0. The van der Waals surface area contributed by atoms with Crippen molar-refractivity contribution in [3.05, 3.63) is 69.8 Å². The van der Waals surface area contributed by atoms with E-state index in [1.165, 1.54) is 0 Å². The highest BCUT2D eigenvalue weighted by molar-refractivity contribution is 5.94. The van der Waals surface area contributed by atoms with Gasteiger partial charge < -0.3 is 0 Å². The van der Waals surface area contributed by atoms with E-state index < -0.39 is 0 Å². The molecule has 2 heteroatoms. The maximum absolute atomic E-state index is 11.3. The van der Waals surface area contributed by atoms with Gasteiger partial charge in [0.1, 0.15) is 0 Å². The summed E-state index contributed by atoms with van der Waals surface area (Å²) in [7, 11) is 0. The molecule has 2 aromatic rings. The Labute approximate surface area is 142 Å². The predicted octanol–water partition coefficient (Wildman–Crippen LogP) is 4.11. The van der Waals surface area contributed by atoms with Gasteiger partial charge in [-0.3, -0.25) is 9.59 Å². The molecule has 24 heavy (non-hydrogen) atoms. The Balaban J connectivity index is 2.22. The molecule has 2 rings (SSSR count). The highest BCUT2D eigenvalue weighted by Gasteiger charge is 2.02. The van der Waals surface area contributed by atoms with Gasteiger partial charge in [0, 0.05) is 22.3 Å². The molecule has 0 N–H and O–H groups in total. The molecule has 0 bridgehead atoms. The van der Waals surface area contributed by atoms with Crippen molar-refractivity contribution in [2.24, 2.45) is 0 Å². The second-order valence-corrected chi connectivity index (χ2v) is 5.67. The first-order valence-electron chi connectivity index (χ1n) is 7.63. The van der Waals surface area contributed by atoms with Crippen molar-refractivity contribution >= 4 is 11.6 Å². The van der Waals surface area contributed by atoms with Crippen LogP contribution in [-0.4, -0.2) is 11.6 Å². The third kappa shape index (κ3) is 4.22. The molecule has 0 fully saturated rings. The summed E-state index contributed by atoms with van der Waals surface area (Å²) < 4.78 is 0. The van der Waals surface area contributed by atoms with E-state index in [1.807, 2.05) is 38.1 Å². The molecule has 2 nitrogen and oxygen atoms in total. The molecule has 2 aromatic carbocycles. The van der Waals surface area contributed by atoms with Crippen LogP contribution in [0.4, 0.5) is 0 Å². The van der Waals surface area contributed by atoms with Crippen LogP contribution in [0.25, 0.3) is 0 Å². The van der Waals surface area contributed by atoms with Crippen LogP contribution in [0.2, 0.25) is 0 Å². The van der Waals surface area contributed by atoms with Crippen LogP contribution in [-0.2, 0) is 0 Å². The highest BCUT2D eigenvalue weighted by atomic mass is 16.1. The van der Waals surface area contributed by atoms with E-state index in [4.69, 9.17) is 0 Å². The third-order valence-corrected chi connectivity index (χ3v) is 3.72. The SMILES string of the molecule is CC(=O)c1ccc(C#CC#Cc2ccc(C(C)=O)cc2C)c(C)c1. The number of aryl methyl sites for hydroxylation is 2. The maximum Gasteiger partial charge on any atom is 0.159 e. The van der Waals surface area contributed by atoms with Gasteiger partial charge in [-0.2, -0.15) is 0 Å². The summed E-state index contributed by atoms with van der Waals surface area (Å²) in [6.45, 7) is 6.94. The number of Topliss-reactive ketones (excluding diaryl/α,β-unsaturated/α-hetero) is 2. The van der Waals surface area contributed by atoms with Crippen LogP contribution in [0.1, 0.15) is 56.8 Å². The van der Waals surface area contributed by atoms with Gasteiger partial charge >= 0.3 is 0 Å². The first-order chi connectivity index (χ1) is 11.4. The van der Waals surface area contributed by atoms with Crippen molar-refractivity contribution in [3.8, 4) is 23.7 Å². The van der Waals surface area contributed by atoms with Crippen molar-refractivity contribution in [2.45, 2.75) is 27.7 Å². The van der Waals surface area contributed by atoms with Gasteiger partial charge in [-0.25, -0.2) is 0 Å². The zero-order chi connectivity index (χ0) is 17.7. The minimum atomic E-state index is 0.0434. The Morgan fingerprint density at radius 3 is 1.38 bits per heavy atom. The third-order valence-electron chi connectivity index (χ3n) is 3.72. The molecule has 0 saturated carbocycles. The number of ketones is 2. The van der Waals surface area contributed by atoms with Crippen molar-refractivity contribution < 1.29 is 9.59 Å². The molecule has 0 atom stereocenters. The molecular formula is C22H18O2. The fourth-order valence-electron chi connectivity index (χ4n) is 2.24. The molecule has 0 saturated heterocycles. The maximum atomic E-state index is 11.3. The molecule has 0 spiro atoms. The molecule has 0 aliphatic carbocycles. The Morgan fingerprint density at radius 2 is 1.08 bits per heavy atom. The van der Waals surface area contributed by atoms with Gasteiger partial charge in [-0.15, -0.1) is 0 Å². The van der Waals surface area contributed by atoms with Gasteiger partial charge in [0.2, 0.25) is 0 Å². The van der Waals surface area contributed by atoms with E-state index in [1.54, 1.807) is 26.0 Å². The monoisotopic (exact) mass is 314 g/mol. The highest BCUT2D eigenvalue weighted by Crippen LogP contribution is 2.11. The van der Waals surface area contributed by atoms with Gasteiger partial charge in [0.15, 0.2) is 11.6 Å². The summed E-state index contributed by atoms with van der Waals surface area (Å²) in [4.78, 5) is 22.7. The van der Waals surface area contributed by atoms with E-state index >= 15 is 0 Å². The Kier molecular flexibility index (Phi) is 5.35. The van der Waals surface area contributed by atoms with E-state index in [0.29, 0.717) is 11.1 Å². The quantitative estimate of drug-likeness (QED) is 0.617. The Morgan fingerprint density at radius 1 is 0.708 bits per heavy atom. The molecule has 0 amide bonds. The van der Waals surface area contributed by atoms with E-state index in [-0.39, 0.29) is 11.6 Å². The second kappa shape index (κ2) is 7.44. The average molecular weight is 314 g/mol. The fraction of sp³-hybridized carbons (Fsp3) is 0.182. The van der Waals surface area contributed by atoms with Gasteiger partial charge in [-0.1, -0.05) is 24.0 Å². The van der Waals surface area contributed by atoms with Crippen molar-refractivity contribution in [3.63, 3.8) is 0 Å². The Bertz CT molecular complexity index is 862. The number of hydrogen-bond donors (Lipinski definition) is 0. The van der Waals surface area contributed by atoms with Crippen LogP contribution in [0.5, 0.6) is 0 Å². The Hall–Kier alpha value is -3.10. The van der Waals surface area contributed by atoms with Gasteiger partial charge in [-0.05, 0) is 74.9 Å². The van der Waals surface area contributed by atoms with Crippen molar-refractivity contribution in [1.82, 2.24) is 0 Å². The number of rotatable bonds is 2. The van der Waals surface area contributed by atoms with E-state index in [2.05, 4.69) is 23.7 Å². The van der Waals surface area contributed by atoms with E-state index in [0.717, 1.165) is 22.3 Å². The molecule has 0 radical (unpaired) electrons. The minimum absolute atomic E-state index is 0.0434. The number of carbonyl (C=O) groups is 2. The predicted molar refractivity (Wildman–Crippen MR) is 96.1 cm³/mol.